The number of benzene rings is 3. The van der Waals surface area contributed by atoms with Gasteiger partial charge in [-0.2, -0.15) is 0 Å². The van der Waals surface area contributed by atoms with Crippen molar-refractivity contribution in [2.75, 3.05) is 6.54 Å². The van der Waals surface area contributed by atoms with Gasteiger partial charge in [0, 0.05) is 48.7 Å². The molecule has 0 saturated carbocycles. The van der Waals surface area contributed by atoms with Gasteiger partial charge in [-0.05, 0) is 60.6 Å². The van der Waals surface area contributed by atoms with Crippen molar-refractivity contribution in [2.24, 2.45) is 0 Å². The number of nitrogens with one attached hydrogen (secondary N) is 2. The van der Waals surface area contributed by atoms with E-state index < -0.39 is 12.0 Å². The molecule has 1 aliphatic rings. The molecular formula is C34H33ClLiN3O5. The molecule has 3 aromatic carbocycles. The fraction of sp³-hybridized carbons (Fsp3) is 0.265. The molecule has 1 aliphatic heterocycles. The Morgan fingerprint density at radius 2 is 1.89 bits per heavy atom. The zero-order chi connectivity index (χ0) is 30.2. The first-order valence-electron chi connectivity index (χ1n) is 14.3. The average Bonchev–Trinajstić information content (AvgIpc) is 3.01. The van der Waals surface area contributed by atoms with Crippen LogP contribution in [0.4, 0.5) is 0 Å². The number of rotatable bonds is 5. The fourth-order valence-corrected chi connectivity index (χ4v) is 5.29. The predicted molar refractivity (Wildman–Crippen MR) is 163 cm³/mol. The summed E-state index contributed by atoms with van der Waals surface area (Å²) in [4.78, 5) is 28.6. The third kappa shape index (κ3) is 8.43. The molecule has 0 radical (unpaired) electrons. The van der Waals surface area contributed by atoms with E-state index in [9.17, 15) is 14.7 Å². The van der Waals surface area contributed by atoms with Crippen LogP contribution in [0.1, 0.15) is 51.9 Å². The zero-order valence-corrected chi connectivity index (χ0v) is 25.7. The van der Waals surface area contributed by atoms with Crippen molar-refractivity contribution in [2.45, 2.75) is 52.0 Å². The molecule has 0 fully saturated rings. The summed E-state index contributed by atoms with van der Waals surface area (Å²) in [5, 5.41) is 18.1. The fourth-order valence-electron chi connectivity index (χ4n) is 5.05. The molecule has 1 atom stereocenters. The number of carboxylic acids is 1. The van der Waals surface area contributed by atoms with Crippen molar-refractivity contribution in [3.05, 3.63) is 112 Å². The van der Waals surface area contributed by atoms with Crippen LogP contribution in [0.25, 0.3) is 11.1 Å². The predicted octanol–water partition coefficient (Wildman–Crippen LogP) is 1.99. The van der Waals surface area contributed by atoms with Crippen LogP contribution in [0.2, 0.25) is 5.02 Å². The number of fused-ring (bicyclic) bond motifs is 3. The Morgan fingerprint density at radius 1 is 1.07 bits per heavy atom. The van der Waals surface area contributed by atoms with Crippen molar-refractivity contribution in [1.82, 2.24) is 15.6 Å². The molecule has 5 rings (SSSR count). The van der Waals surface area contributed by atoms with E-state index in [1.54, 1.807) is 24.4 Å². The van der Waals surface area contributed by atoms with Crippen LogP contribution < -0.4 is 44.1 Å². The summed E-state index contributed by atoms with van der Waals surface area (Å²) in [5.74, 6) is -0.527. The van der Waals surface area contributed by atoms with E-state index in [1.165, 1.54) is 6.20 Å². The number of halogens is 1. The molecule has 2 bridgehead atoms. The standard InChI is InChI=1S/C34H34ClN3O5.Li/c1-22-25(10-7-11-28(22)24-8-3-2-4-9-24)21-43-32-16-31-26(15-29(32)35)19-38-30(34(40)41)12-5-6-13-37-33(39)27-14-23(20-42-31)17-36-18-27;/h2-4,7-11,14-18,30,38H,5-6,12-13,19-21H2,1H3,(H,37,39)(H,40,41);/q;+1/p-1/t30-;/m0./s1. The molecular weight excluding hydrogens is 573 g/mol. The maximum Gasteiger partial charge on any atom is 1.00 e. The van der Waals surface area contributed by atoms with Crippen molar-refractivity contribution in [3.63, 3.8) is 0 Å². The maximum atomic E-state index is 12.6. The molecule has 8 nitrogen and oxygen atoms in total. The second kappa shape index (κ2) is 15.8. The van der Waals surface area contributed by atoms with Crippen LogP contribution in [-0.2, 0) is 24.6 Å². The van der Waals surface area contributed by atoms with Crippen LogP contribution in [0.15, 0.2) is 79.1 Å². The van der Waals surface area contributed by atoms with E-state index in [-0.39, 0.29) is 44.5 Å². The minimum Gasteiger partial charge on any atom is -0.548 e. The second-order valence-corrected chi connectivity index (χ2v) is 10.9. The Hall–Kier alpha value is -3.80. The Balaban J connectivity index is 0.00000442. The van der Waals surface area contributed by atoms with Crippen molar-refractivity contribution in [3.8, 4) is 22.6 Å². The number of aromatic nitrogens is 1. The van der Waals surface area contributed by atoms with E-state index in [4.69, 9.17) is 21.1 Å². The van der Waals surface area contributed by atoms with Gasteiger partial charge >= 0.3 is 18.9 Å². The number of carbonyl (C=O) groups excluding carboxylic acids is 2. The Labute approximate surface area is 274 Å². The summed E-state index contributed by atoms with van der Waals surface area (Å²) in [7, 11) is 0. The molecule has 44 heavy (non-hydrogen) atoms. The van der Waals surface area contributed by atoms with Gasteiger partial charge in [0.25, 0.3) is 5.91 Å². The molecule has 0 spiro atoms. The van der Waals surface area contributed by atoms with Gasteiger partial charge in [-0.25, -0.2) is 0 Å². The molecule has 0 saturated heterocycles. The van der Waals surface area contributed by atoms with Crippen LogP contribution in [-0.4, -0.2) is 29.4 Å². The molecule has 1 amide bonds. The van der Waals surface area contributed by atoms with Gasteiger partial charge in [0.05, 0.1) is 16.6 Å². The second-order valence-electron chi connectivity index (χ2n) is 10.5. The van der Waals surface area contributed by atoms with Gasteiger partial charge in [0.15, 0.2) is 0 Å². The number of ether oxygens (including phenoxy) is 2. The average molecular weight is 606 g/mol. The molecule has 2 heterocycles. The van der Waals surface area contributed by atoms with Crippen LogP contribution in [0, 0.1) is 6.92 Å². The van der Waals surface area contributed by atoms with E-state index in [1.807, 2.05) is 30.3 Å². The van der Waals surface area contributed by atoms with Gasteiger partial charge in [0.1, 0.15) is 24.7 Å². The summed E-state index contributed by atoms with van der Waals surface area (Å²) in [6, 6.07) is 20.6. The van der Waals surface area contributed by atoms with E-state index in [0.717, 1.165) is 22.3 Å². The molecule has 222 valence electrons. The number of pyridine rings is 1. The van der Waals surface area contributed by atoms with Crippen molar-refractivity contribution < 1.29 is 43.0 Å². The van der Waals surface area contributed by atoms with E-state index >= 15 is 0 Å². The van der Waals surface area contributed by atoms with E-state index in [2.05, 4.69) is 40.7 Å². The number of nitrogens with zero attached hydrogens (tertiary/aromatic N) is 1. The summed E-state index contributed by atoms with van der Waals surface area (Å²) >= 11 is 6.68. The van der Waals surface area contributed by atoms with Crippen molar-refractivity contribution in [1.29, 1.82) is 0 Å². The molecule has 10 heteroatoms. The summed E-state index contributed by atoms with van der Waals surface area (Å²) in [6.07, 6.45) is 4.71. The first kappa shape index (κ1) is 33.1. The van der Waals surface area contributed by atoms with Crippen LogP contribution in [0.3, 0.4) is 0 Å². The number of hydrogen-bond donors (Lipinski definition) is 2. The summed E-state index contributed by atoms with van der Waals surface area (Å²) in [5.41, 5.74) is 6.19. The van der Waals surface area contributed by atoms with Crippen LogP contribution >= 0.6 is 11.6 Å². The van der Waals surface area contributed by atoms with Gasteiger partial charge in [-0.15, -0.1) is 0 Å². The zero-order valence-electron chi connectivity index (χ0n) is 24.9. The maximum absolute atomic E-state index is 12.6. The normalized spacial score (nSPS) is 15.6. The number of hydrogen-bond acceptors (Lipinski definition) is 7. The number of carboxylic acid groups (broad SMARTS) is 1. The number of aliphatic carboxylic acids is 1. The van der Waals surface area contributed by atoms with Crippen LogP contribution in [0.5, 0.6) is 11.5 Å². The number of amides is 1. The molecule has 0 aliphatic carbocycles. The Kier molecular flexibility index (Phi) is 11.9. The van der Waals surface area contributed by atoms with E-state index in [0.29, 0.717) is 59.0 Å². The number of carbonyl (C=O) groups is 2. The van der Waals surface area contributed by atoms with Gasteiger partial charge in [0.2, 0.25) is 0 Å². The quantitative estimate of drug-likeness (QED) is 0.335. The third-order valence-electron chi connectivity index (χ3n) is 7.51. The molecule has 0 unspecified atom stereocenters. The summed E-state index contributed by atoms with van der Waals surface area (Å²) in [6.45, 7) is 3.11. The van der Waals surface area contributed by atoms with Gasteiger partial charge in [-0.3, -0.25) is 9.78 Å². The molecule has 1 aromatic heterocycles. The molecule has 2 N–H and O–H groups in total. The SMILES string of the molecule is Cc1c(COc2cc3c(cc2Cl)CN[C@H](C(=O)[O-])CCCCNC(=O)c2cncc(c2)CO3)cccc1-c1ccccc1.[Li+]. The van der Waals surface area contributed by atoms with Gasteiger partial charge < -0.3 is 30.0 Å². The minimum atomic E-state index is -1.19. The first-order chi connectivity index (χ1) is 20.9. The van der Waals surface area contributed by atoms with Gasteiger partial charge in [-0.1, -0.05) is 60.1 Å². The smallest absolute Gasteiger partial charge is 0.548 e. The Morgan fingerprint density at radius 3 is 2.68 bits per heavy atom. The minimum absolute atomic E-state index is 0. The third-order valence-corrected chi connectivity index (χ3v) is 7.80. The molecule has 4 aromatic rings. The summed E-state index contributed by atoms with van der Waals surface area (Å²) < 4.78 is 12.4. The first-order valence-corrected chi connectivity index (χ1v) is 14.6. The largest absolute Gasteiger partial charge is 1.00 e. The monoisotopic (exact) mass is 605 g/mol. The topological polar surface area (TPSA) is 113 Å². The van der Waals surface area contributed by atoms with Crippen molar-refractivity contribution >= 4 is 23.5 Å². The Bertz CT molecular complexity index is 1600.